The number of rotatable bonds is 5. The van der Waals surface area contributed by atoms with Gasteiger partial charge in [-0.3, -0.25) is 19.7 Å². The Balaban J connectivity index is 3.32. The maximum atomic E-state index is 12.2. The summed E-state index contributed by atoms with van der Waals surface area (Å²) in [6.07, 6.45) is -5.99. The van der Waals surface area contributed by atoms with Crippen molar-refractivity contribution in [3.8, 4) is 5.75 Å². The molecule has 1 aromatic heterocycles. The molecule has 0 fully saturated rings. The van der Waals surface area contributed by atoms with Crippen LogP contribution in [0, 0.1) is 10.1 Å². The van der Waals surface area contributed by atoms with Crippen molar-refractivity contribution in [2.75, 3.05) is 6.61 Å². The van der Waals surface area contributed by atoms with E-state index in [4.69, 9.17) is 0 Å². The minimum absolute atomic E-state index is 0.0321. The first-order valence-electron chi connectivity index (χ1n) is 5.46. The average molecular weight is 310 g/mol. The smallest absolute Gasteiger partial charge is 0.466 e. The van der Waals surface area contributed by atoms with Gasteiger partial charge in [-0.2, -0.15) is 0 Å². The Hall–Kier alpha value is -2.59. The topological polar surface area (TPSA) is 112 Å². The Morgan fingerprint density at radius 1 is 1.48 bits per heavy atom. The van der Waals surface area contributed by atoms with Crippen molar-refractivity contribution < 1.29 is 32.4 Å². The SMILES string of the molecule is CCOC(=O)Cc1[nH]c(=O)cc(OC(F)(F)F)c1[N+](=O)[O-]. The zero-order valence-corrected chi connectivity index (χ0v) is 10.5. The third kappa shape index (κ3) is 4.78. The van der Waals surface area contributed by atoms with Gasteiger partial charge in [0.1, 0.15) is 5.69 Å². The lowest BCUT2D eigenvalue weighted by molar-refractivity contribution is -0.389. The summed E-state index contributed by atoms with van der Waals surface area (Å²) in [5.74, 6) is -2.24. The predicted molar refractivity (Wildman–Crippen MR) is 60.7 cm³/mol. The summed E-state index contributed by atoms with van der Waals surface area (Å²) in [4.78, 5) is 34.1. The molecule has 0 spiro atoms. The van der Waals surface area contributed by atoms with Crippen molar-refractivity contribution in [2.24, 2.45) is 0 Å². The summed E-state index contributed by atoms with van der Waals surface area (Å²) < 4.78 is 44.5. The van der Waals surface area contributed by atoms with Crippen LogP contribution < -0.4 is 10.3 Å². The van der Waals surface area contributed by atoms with Gasteiger partial charge in [0.05, 0.1) is 24.0 Å². The summed E-state index contributed by atoms with van der Waals surface area (Å²) in [7, 11) is 0. The van der Waals surface area contributed by atoms with Crippen molar-refractivity contribution in [1.29, 1.82) is 0 Å². The van der Waals surface area contributed by atoms with Crippen LogP contribution in [-0.2, 0) is 16.0 Å². The van der Waals surface area contributed by atoms with E-state index in [1.165, 1.54) is 6.92 Å². The summed E-state index contributed by atoms with van der Waals surface area (Å²) in [6, 6.07) is 0.278. The molecule has 0 aliphatic rings. The molecule has 0 radical (unpaired) electrons. The maximum Gasteiger partial charge on any atom is 0.573 e. The number of nitrogens with zero attached hydrogens (tertiary/aromatic N) is 1. The summed E-state index contributed by atoms with van der Waals surface area (Å²) in [5, 5.41) is 10.9. The Bertz CT molecular complexity index is 610. The highest BCUT2D eigenvalue weighted by Gasteiger charge is 2.36. The van der Waals surface area contributed by atoms with E-state index in [1.54, 1.807) is 0 Å². The Labute approximate surface area is 114 Å². The number of esters is 1. The van der Waals surface area contributed by atoms with Crippen LogP contribution in [0.4, 0.5) is 18.9 Å². The van der Waals surface area contributed by atoms with E-state index in [-0.39, 0.29) is 12.7 Å². The molecule has 1 aromatic rings. The number of alkyl halides is 3. The molecule has 0 aliphatic carbocycles. The molecule has 0 unspecified atom stereocenters. The molecule has 8 nitrogen and oxygen atoms in total. The Morgan fingerprint density at radius 3 is 2.57 bits per heavy atom. The van der Waals surface area contributed by atoms with E-state index in [1.807, 2.05) is 4.98 Å². The summed E-state index contributed by atoms with van der Waals surface area (Å²) in [5.41, 5.74) is -2.87. The van der Waals surface area contributed by atoms with Crippen molar-refractivity contribution in [3.63, 3.8) is 0 Å². The third-order valence-corrected chi connectivity index (χ3v) is 2.09. The number of halogens is 3. The number of H-pyrrole nitrogens is 1. The third-order valence-electron chi connectivity index (χ3n) is 2.09. The zero-order valence-electron chi connectivity index (χ0n) is 10.5. The fraction of sp³-hybridized carbons (Fsp3) is 0.400. The molecular weight excluding hydrogens is 301 g/mol. The van der Waals surface area contributed by atoms with Crippen LogP contribution in [0.5, 0.6) is 5.75 Å². The molecule has 0 aliphatic heterocycles. The first kappa shape index (κ1) is 16.5. The van der Waals surface area contributed by atoms with E-state index < -0.39 is 46.4 Å². The zero-order chi connectivity index (χ0) is 16.2. The lowest BCUT2D eigenvalue weighted by atomic mass is 10.2. The standard InChI is InChI=1S/C10H9F3N2O6/c1-2-20-8(17)3-5-9(15(18)19)6(4-7(16)14-5)21-10(11,12)13/h4H,2-3H2,1H3,(H,14,16). The van der Waals surface area contributed by atoms with Gasteiger partial charge in [0.2, 0.25) is 5.75 Å². The van der Waals surface area contributed by atoms with Gasteiger partial charge in [-0.15, -0.1) is 13.2 Å². The van der Waals surface area contributed by atoms with Gasteiger partial charge in [-0.1, -0.05) is 0 Å². The normalized spacial score (nSPS) is 11.0. The van der Waals surface area contributed by atoms with Gasteiger partial charge in [0.25, 0.3) is 5.56 Å². The fourth-order valence-electron chi connectivity index (χ4n) is 1.47. The lowest BCUT2D eigenvalue weighted by Gasteiger charge is -2.10. The van der Waals surface area contributed by atoms with Crippen LogP contribution in [-0.4, -0.2) is 28.8 Å². The molecule has 0 saturated heterocycles. The van der Waals surface area contributed by atoms with Crippen LogP contribution in [0.2, 0.25) is 0 Å². The van der Waals surface area contributed by atoms with Crippen LogP contribution in [0.25, 0.3) is 0 Å². The quantitative estimate of drug-likeness (QED) is 0.498. The molecule has 11 heteroatoms. The predicted octanol–water partition coefficient (Wildman–Crippen LogP) is 1.29. The van der Waals surface area contributed by atoms with E-state index in [2.05, 4.69) is 9.47 Å². The highest BCUT2D eigenvalue weighted by atomic mass is 19.4. The van der Waals surface area contributed by atoms with Crippen molar-refractivity contribution in [1.82, 2.24) is 4.98 Å². The minimum Gasteiger partial charge on any atom is -0.466 e. The molecule has 21 heavy (non-hydrogen) atoms. The van der Waals surface area contributed by atoms with Gasteiger partial charge < -0.3 is 14.5 Å². The molecular formula is C10H9F3N2O6. The first-order valence-corrected chi connectivity index (χ1v) is 5.46. The molecule has 1 N–H and O–H groups in total. The van der Waals surface area contributed by atoms with Gasteiger partial charge in [0, 0.05) is 0 Å². The first-order chi connectivity index (χ1) is 9.64. The second-order valence-electron chi connectivity index (χ2n) is 3.61. The van der Waals surface area contributed by atoms with Crippen LogP contribution in [0.1, 0.15) is 12.6 Å². The molecule has 0 aromatic carbocycles. The van der Waals surface area contributed by atoms with E-state index in [0.29, 0.717) is 0 Å². The van der Waals surface area contributed by atoms with Gasteiger partial charge in [-0.25, -0.2) is 0 Å². The van der Waals surface area contributed by atoms with E-state index in [0.717, 1.165) is 0 Å². The van der Waals surface area contributed by atoms with E-state index in [9.17, 15) is 32.9 Å². The second kappa shape index (κ2) is 6.24. The number of nitro groups is 1. The molecule has 0 amide bonds. The van der Waals surface area contributed by atoms with Gasteiger partial charge >= 0.3 is 18.0 Å². The minimum atomic E-state index is -5.22. The van der Waals surface area contributed by atoms with Gasteiger partial charge in [-0.05, 0) is 6.92 Å². The van der Waals surface area contributed by atoms with Gasteiger partial charge in [0.15, 0.2) is 0 Å². The van der Waals surface area contributed by atoms with E-state index >= 15 is 0 Å². The second-order valence-corrected chi connectivity index (χ2v) is 3.61. The Morgan fingerprint density at radius 2 is 2.10 bits per heavy atom. The highest BCUT2D eigenvalue weighted by molar-refractivity contribution is 5.74. The number of carbonyl (C=O) groups is 1. The highest BCUT2D eigenvalue weighted by Crippen LogP contribution is 2.32. The number of nitrogens with one attached hydrogen (secondary N) is 1. The van der Waals surface area contributed by atoms with Crippen LogP contribution >= 0.6 is 0 Å². The number of carbonyl (C=O) groups excluding carboxylic acids is 1. The number of hydrogen-bond acceptors (Lipinski definition) is 6. The number of hydrogen-bond donors (Lipinski definition) is 1. The summed E-state index contributed by atoms with van der Waals surface area (Å²) >= 11 is 0. The van der Waals surface area contributed by atoms with Crippen molar-refractivity contribution in [3.05, 3.63) is 32.2 Å². The Kier molecular flexibility index (Phi) is 4.89. The van der Waals surface area contributed by atoms with Crippen molar-refractivity contribution >= 4 is 11.7 Å². The van der Waals surface area contributed by atoms with Crippen LogP contribution in [0.15, 0.2) is 10.9 Å². The average Bonchev–Trinajstić information content (AvgIpc) is 2.24. The monoisotopic (exact) mass is 310 g/mol. The lowest BCUT2D eigenvalue weighted by Crippen LogP contribution is -2.22. The summed E-state index contributed by atoms with van der Waals surface area (Å²) in [6.45, 7) is 1.44. The molecule has 1 heterocycles. The number of ether oxygens (including phenoxy) is 2. The molecule has 0 atom stereocenters. The largest absolute Gasteiger partial charge is 0.573 e. The molecule has 0 bridgehead atoms. The van der Waals surface area contributed by atoms with Crippen LogP contribution in [0.3, 0.4) is 0 Å². The number of pyridine rings is 1. The maximum absolute atomic E-state index is 12.2. The number of aromatic amines is 1. The molecule has 116 valence electrons. The number of aromatic nitrogens is 1. The van der Waals surface area contributed by atoms with Crippen molar-refractivity contribution in [2.45, 2.75) is 19.7 Å². The molecule has 1 rings (SSSR count). The fourth-order valence-corrected chi connectivity index (χ4v) is 1.47. The molecule has 0 saturated carbocycles.